The van der Waals surface area contributed by atoms with E-state index in [1.54, 1.807) is 13.8 Å². The molecule has 0 aliphatic rings. The number of nitrogens with zero attached hydrogens (tertiary/aromatic N) is 3. The maximum absolute atomic E-state index is 14.4. The third-order valence-electron chi connectivity index (χ3n) is 3.90. The molecular formula is C15H18F2N3O2S2+. The fourth-order valence-electron chi connectivity index (χ4n) is 2.59. The quantitative estimate of drug-likeness (QED) is 0.602. The number of carbonyl (C=O) groups excluding carboxylic acids is 1. The summed E-state index contributed by atoms with van der Waals surface area (Å²) in [6.45, 7) is 3.33. The minimum absolute atomic E-state index is 0.0903. The molecule has 0 saturated carbocycles. The van der Waals surface area contributed by atoms with E-state index in [0.717, 1.165) is 6.07 Å². The normalized spacial score (nSPS) is 16.4. The lowest BCUT2D eigenvalue weighted by Crippen LogP contribution is -2.48. The molecule has 0 amide bonds. The van der Waals surface area contributed by atoms with Gasteiger partial charge in [-0.1, -0.05) is 6.07 Å². The van der Waals surface area contributed by atoms with E-state index >= 15 is 0 Å². The highest BCUT2D eigenvalue weighted by Crippen LogP contribution is 2.35. The second-order valence-corrected chi connectivity index (χ2v) is 8.49. The number of thiol groups is 1. The number of rotatable bonds is 6. The molecule has 5 nitrogen and oxygen atoms in total. The summed E-state index contributed by atoms with van der Waals surface area (Å²) in [6.07, 6.45) is 2.67. The van der Waals surface area contributed by atoms with Gasteiger partial charge in [0.25, 0.3) is 0 Å². The molecule has 24 heavy (non-hydrogen) atoms. The summed E-state index contributed by atoms with van der Waals surface area (Å²) in [7, 11) is -0.920. The molecule has 2 rings (SSSR count). The zero-order valence-corrected chi connectivity index (χ0v) is 14.9. The molecule has 0 radical (unpaired) electrons. The fourth-order valence-corrected chi connectivity index (χ4v) is 5.18. The van der Waals surface area contributed by atoms with E-state index in [1.165, 1.54) is 23.4 Å². The number of halogens is 2. The highest BCUT2D eigenvalue weighted by molar-refractivity contribution is 8.30. The molecule has 3 unspecified atom stereocenters. The number of hydrogen-bond donors (Lipinski definition) is 2. The van der Waals surface area contributed by atoms with Crippen molar-refractivity contribution in [1.82, 2.24) is 14.8 Å². The second kappa shape index (κ2) is 7.62. The van der Waals surface area contributed by atoms with Crippen molar-refractivity contribution in [3.05, 3.63) is 48.1 Å². The van der Waals surface area contributed by atoms with Crippen LogP contribution in [0.2, 0.25) is 0 Å². The van der Waals surface area contributed by atoms with Gasteiger partial charge in [0.05, 0.1) is 17.4 Å². The summed E-state index contributed by atoms with van der Waals surface area (Å²) in [4.78, 5) is 15.6. The Balaban J connectivity index is 2.53. The van der Waals surface area contributed by atoms with Gasteiger partial charge >= 0.3 is 4.45 Å². The Morgan fingerprint density at radius 3 is 2.71 bits per heavy atom. The van der Waals surface area contributed by atoms with Crippen LogP contribution in [0, 0.1) is 11.6 Å². The average molecular weight is 374 g/mol. The highest BCUT2D eigenvalue weighted by atomic mass is 32.2. The van der Waals surface area contributed by atoms with E-state index in [1.807, 2.05) is 0 Å². The summed E-state index contributed by atoms with van der Waals surface area (Å²) in [6, 6.07) is 2.98. The minimum atomic E-state index is -1.77. The lowest BCUT2D eigenvalue weighted by Gasteiger charge is -2.32. The largest absolute Gasteiger partial charge is 0.387 e. The zero-order chi connectivity index (χ0) is 17.9. The molecule has 0 fully saturated rings. The molecule has 2 aromatic rings. The van der Waals surface area contributed by atoms with Gasteiger partial charge in [-0.2, -0.15) is 5.10 Å². The van der Waals surface area contributed by atoms with E-state index in [9.17, 15) is 18.7 Å². The Morgan fingerprint density at radius 2 is 2.21 bits per heavy atom. The highest BCUT2D eigenvalue weighted by Gasteiger charge is 2.50. The van der Waals surface area contributed by atoms with Gasteiger partial charge in [0.15, 0.2) is 10.9 Å². The first-order valence-electron chi connectivity index (χ1n) is 7.22. The molecular weight excluding hydrogens is 356 g/mol. The van der Waals surface area contributed by atoms with Crippen molar-refractivity contribution in [2.45, 2.75) is 31.2 Å². The first-order chi connectivity index (χ1) is 11.3. The number of carbonyl (C=O) groups is 1. The monoisotopic (exact) mass is 374 g/mol. The van der Waals surface area contributed by atoms with Gasteiger partial charge in [0, 0.05) is 11.6 Å². The molecule has 130 valence electrons. The van der Waals surface area contributed by atoms with Crippen LogP contribution >= 0.6 is 12.6 Å². The molecule has 9 heteroatoms. The lowest BCUT2D eigenvalue weighted by atomic mass is 9.90. The van der Waals surface area contributed by atoms with Gasteiger partial charge < -0.3 is 5.11 Å². The minimum Gasteiger partial charge on any atom is -0.378 e. The van der Waals surface area contributed by atoms with Crippen molar-refractivity contribution < 1.29 is 18.7 Å². The molecule has 0 saturated heterocycles. The molecule has 1 heterocycles. The van der Waals surface area contributed by atoms with Crippen LogP contribution in [0.25, 0.3) is 0 Å². The molecule has 0 spiro atoms. The Morgan fingerprint density at radius 1 is 1.50 bits per heavy atom. The number of benzene rings is 1. The van der Waals surface area contributed by atoms with E-state index in [-0.39, 0.29) is 16.6 Å². The van der Waals surface area contributed by atoms with Gasteiger partial charge in [0.2, 0.25) is 0 Å². The number of aromatic nitrogens is 3. The van der Waals surface area contributed by atoms with Crippen LogP contribution in [0.5, 0.6) is 0 Å². The molecule has 1 aromatic carbocycles. The zero-order valence-electron chi connectivity index (χ0n) is 13.2. The molecule has 0 aliphatic carbocycles. The van der Waals surface area contributed by atoms with E-state index in [2.05, 4.69) is 22.7 Å². The van der Waals surface area contributed by atoms with Crippen LogP contribution in [0.4, 0.5) is 13.6 Å². The topological polar surface area (TPSA) is 68.0 Å². The van der Waals surface area contributed by atoms with Gasteiger partial charge in [-0.15, -0.1) is 0 Å². The Bertz CT molecular complexity index is 715. The molecule has 3 atom stereocenters. The smallest absolute Gasteiger partial charge is 0.378 e. The average Bonchev–Trinajstić information content (AvgIpc) is 2.99. The van der Waals surface area contributed by atoms with E-state index < -0.39 is 33.4 Å². The predicted octanol–water partition coefficient (Wildman–Crippen LogP) is 2.52. The lowest BCUT2D eigenvalue weighted by molar-refractivity contribution is 0.0126. The van der Waals surface area contributed by atoms with Gasteiger partial charge in [-0.3, -0.25) is 0 Å². The predicted molar refractivity (Wildman–Crippen MR) is 92.0 cm³/mol. The van der Waals surface area contributed by atoms with Crippen LogP contribution in [0.15, 0.2) is 30.9 Å². The van der Waals surface area contributed by atoms with Gasteiger partial charge in [-0.25, -0.2) is 23.2 Å². The summed E-state index contributed by atoms with van der Waals surface area (Å²) in [5, 5.41) is 14.6. The van der Waals surface area contributed by atoms with Crippen molar-refractivity contribution in [2.75, 3.05) is 5.75 Å². The first kappa shape index (κ1) is 18.9. The standard InChI is InChI=1S/C15H17F2N3O2S2/c1-3-24(14(21)23)10(2)15(22,7-20-9-18-8-19-20)12-5-4-11(16)6-13(12)17/h4-6,8-10,22H,3,7H2,1-2H3/p+1. The van der Waals surface area contributed by atoms with Gasteiger partial charge in [0.1, 0.15) is 30.0 Å². The fraction of sp³-hybridized carbons (Fsp3) is 0.400. The maximum Gasteiger partial charge on any atom is 0.387 e. The Hall–Kier alpha value is -1.45. The van der Waals surface area contributed by atoms with Crippen LogP contribution in [-0.4, -0.2) is 35.3 Å². The van der Waals surface area contributed by atoms with Crippen molar-refractivity contribution in [3.8, 4) is 0 Å². The van der Waals surface area contributed by atoms with Crippen molar-refractivity contribution in [3.63, 3.8) is 0 Å². The van der Waals surface area contributed by atoms with E-state index in [4.69, 9.17) is 0 Å². The van der Waals surface area contributed by atoms with Crippen LogP contribution < -0.4 is 0 Å². The number of aliphatic hydroxyl groups is 1. The van der Waals surface area contributed by atoms with Crippen molar-refractivity contribution >= 4 is 28.0 Å². The van der Waals surface area contributed by atoms with Gasteiger partial charge in [-0.05, 0) is 32.5 Å². The SMILES string of the molecule is CC[S+](C(=O)S)C(C)C(O)(Cn1cncn1)c1ccc(F)cc1F. The molecule has 0 aliphatic heterocycles. The summed E-state index contributed by atoms with van der Waals surface area (Å²) < 4.78 is 28.6. The molecule has 1 aromatic heterocycles. The second-order valence-electron chi connectivity index (χ2n) is 5.27. The Labute approximate surface area is 146 Å². The summed E-state index contributed by atoms with van der Waals surface area (Å²) >= 11 is 3.89. The maximum atomic E-state index is 14.4. The molecule has 0 bridgehead atoms. The summed E-state index contributed by atoms with van der Waals surface area (Å²) in [5.41, 5.74) is -1.87. The third-order valence-corrected chi connectivity index (χ3v) is 6.92. The molecule has 1 N–H and O–H groups in total. The first-order valence-corrected chi connectivity index (χ1v) is 9.13. The van der Waals surface area contributed by atoms with Crippen LogP contribution in [0.3, 0.4) is 0 Å². The summed E-state index contributed by atoms with van der Waals surface area (Å²) in [5.74, 6) is -1.17. The van der Waals surface area contributed by atoms with E-state index in [0.29, 0.717) is 11.8 Å². The van der Waals surface area contributed by atoms with Crippen molar-refractivity contribution in [1.29, 1.82) is 0 Å². The Kier molecular flexibility index (Phi) is 6.00. The van der Waals surface area contributed by atoms with Crippen LogP contribution in [0.1, 0.15) is 19.4 Å². The van der Waals surface area contributed by atoms with Crippen molar-refractivity contribution in [2.24, 2.45) is 0 Å². The number of hydrogen-bond acceptors (Lipinski definition) is 4. The third kappa shape index (κ3) is 3.79. The van der Waals surface area contributed by atoms with Crippen LogP contribution in [-0.2, 0) is 23.0 Å².